The number of carbonyl (C=O) groups excluding carboxylic acids is 3. The molecule has 0 spiro atoms. The smallest absolute Gasteiger partial charge is 0.410 e. The predicted molar refractivity (Wildman–Crippen MR) is 177 cm³/mol. The Hall–Kier alpha value is -4.87. The van der Waals surface area contributed by atoms with Crippen LogP contribution in [-0.2, 0) is 14.3 Å². The fourth-order valence-corrected chi connectivity index (χ4v) is 6.01. The van der Waals surface area contributed by atoms with E-state index < -0.39 is 23.3 Å². The Labute approximate surface area is 273 Å². The van der Waals surface area contributed by atoms with Gasteiger partial charge in [-0.05, 0) is 97.6 Å². The Morgan fingerprint density at radius 3 is 2.34 bits per heavy atom. The van der Waals surface area contributed by atoms with Gasteiger partial charge in [-0.15, -0.1) is 0 Å². The van der Waals surface area contributed by atoms with E-state index in [0.717, 1.165) is 47.2 Å². The summed E-state index contributed by atoms with van der Waals surface area (Å²) in [5, 5.41) is 2.95. The van der Waals surface area contributed by atoms with Crippen LogP contribution in [0.2, 0.25) is 0 Å². The molecular formula is C35H42N6O6. The van der Waals surface area contributed by atoms with E-state index in [1.807, 2.05) is 77.9 Å². The van der Waals surface area contributed by atoms with Crippen LogP contribution in [0.25, 0.3) is 33.8 Å². The van der Waals surface area contributed by atoms with Crippen LogP contribution in [0.15, 0.2) is 53.1 Å². The molecule has 0 aliphatic carbocycles. The number of nitrogens with one attached hydrogen (secondary N) is 2. The molecule has 0 bridgehead atoms. The normalized spacial score (nSPS) is 18.5. The number of anilines is 1. The van der Waals surface area contributed by atoms with Gasteiger partial charge in [0.25, 0.3) is 0 Å². The van der Waals surface area contributed by atoms with Crippen LogP contribution in [0.3, 0.4) is 0 Å². The summed E-state index contributed by atoms with van der Waals surface area (Å²) in [6, 6.07) is 12.3. The second-order valence-electron chi connectivity index (χ2n) is 14.1. The van der Waals surface area contributed by atoms with Crippen LogP contribution in [0, 0.1) is 0 Å². The maximum atomic E-state index is 13.2. The molecule has 2 aromatic heterocycles. The predicted octanol–water partition coefficient (Wildman–Crippen LogP) is 7.29. The standard InChI is InChI=1S/C35H42N6O6/c1-34(2,3)46-32(43)40-16-8-12-26(40)29-38-24-15-14-22(19-25(24)39-29)31-36-20-28(45-31)21-10-7-11-23(18-21)37-30(42)27-13-9-17-41(27)33(44)47-35(4,5)6/h7,10-11,14-15,18-20,26-27H,8-9,12-13,16-17H2,1-6H3,(H,37,42)(H,38,39)/t26-,27-/m0/s1. The zero-order valence-electron chi connectivity index (χ0n) is 27.8. The molecule has 6 rings (SSSR count). The third-order valence-electron chi connectivity index (χ3n) is 8.05. The van der Waals surface area contributed by atoms with Gasteiger partial charge in [0.2, 0.25) is 11.8 Å². The van der Waals surface area contributed by atoms with Crippen LogP contribution in [-0.4, -0.2) is 73.2 Å². The number of fused-ring (bicyclic) bond motifs is 1. The van der Waals surface area contributed by atoms with Gasteiger partial charge < -0.3 is 24.2 Å². The summed E-state index contributed by atoms with van der Waals surface area (Å²) in [7, 11) is 0. The van der Waals surface area contributed by atoms with Crippen molar-refractivity contribution in [3.05, 3.63) is 54.5 Å². The first-order valence-electron chi connectivity index (χ1n) is 16.1. The van der Waals surface area contributed by atoms with Gasteiger partial charge in [0.1, 0.15) is 23.1 Å². The number of oxazole rings is 1. The molecule has 2 aliphatic heterocycles. The lowest BCUT2D eigenvalue weighted by molar-refractivity contribution is -0.120. The number of imidazole rings is 1. The monoisotopic (exact) mass is 642 g/mol. The molecule has 2 fully saturated rings. The van der Waals surface area contributed by atoms with Crippen LogP contribution in [0.4, 0.5) is 15.3 Å². The van der Waals surface area contributed by atoms with Crippen LogP contribution in [0.5, 0.6) is 0 Å². The van der Waals surface area contributed by atoms with Crippen molar-refractivity contribution in [1.82, 2.24) is 24.8 Å². The second kappa shape index (κ2) is 12.4. The topological polar surface area (TPSA) is 143 Å². The molecule has 0 unspecified atom stereocenters. The summed E-state index contributed by atoms with van der Waals surface area (Å²) in [4.78, 5) is 54.7. The molecule has 2 N–H and O–H groups in total. The number of rotatable bonds is 5. The molecule has 2 aromatic carbocycles. The van der Waals surface area contributed by atoms with Gasteiger partial charge in [-0.1, -0.05) is 12.1 Å². The van der Waals surface area contributed by atoms with Crippen molar-refractivity contribution in [1.29, 1.82) is 0 Å². The Balaban J connectivity index is 1.15. The van der Waals surface area contributed by atoms with E-state index in [1.54, 1.807) is 17.2 Å². The highest BCUT2D eigenvalue weighted by Gasteiger charge is 2.37. The molecule has 2 atom stereocenters. The first kappa shape index (κ1) is 32.1. The quantitative estimate of drug-likeness (QED) is 0.231. The largest absolute Gasteiger partial charge is 0.444 e. The van der Waals surface area contributed by atoms with E-state index in [4.69, 9.17) is 18.9 Å². The highest BCUT2D eigenvalue weighted by Crippen LogP contribution is 2.34. The van der Waals surface area contributed by atoms with Gasteiger partial charge in [0, 0.05) is 29.9 Å². The fourth-order valence-electron chi connectivity index (χ4n) is 6.01. The first-order chi connectivity index (χ1) is 22.2. The first-order valence-corrected chi connectivity index (χ1v) is 16.1. The summed E-state index contributed by atoms with van der Waals surface area (Å²) in [5.74, 6) is 1.43. The lowest BCUT2D eigenvalue weighted by Gasteiger charge is -2.28. The molecule has 47 heavy (non-hydrogen) atoms. The molecule has 0 saturated carbocycles. The number of aromatic amines is 1. The lowest BCUT2D eigenvalue weighted by atomic mass is 10.1. The molecule has 2 saturated heterocycles. The van der Waals surface area contributed by atoms with Gasteiger partial charge in [-0.25, -0.2) is 19.6 Å². The number of likely N-dealkylation sites (tertiary alicyclic amines) is 2. The Morgan fingerprint density at radius 1 is 0.894 bits per heavy atom. The van der Waals surface area contributed by atoms with Crippen molar-refractivity contribution in [3.8, 4) is 22.8 Å². The van der Waals surface area contributed by atoms with Crippen LogP contribution < -0.4 is 5.32 Å². The van der Waals surface area contributed by atoms with Crippen molar-refractivity contribution in [2.75, 3.05) is 18.4 Å². The van der Waals surface area contributed by atoms with Gasteiger partial charge in [0.15, 0.2) is 5.76 Å². The number of nitrogens with zero attached hydrogens (tertiary/aromatic N) is 4. The maximum Gasteiger partial charge on any atom is 0.410 e. The zero-order chi connectivity index (χ0) is 33.5. The summed E-state index contributed by atoms with van der Waals surface area (Å²) < 4.78 is 17.3. The molecule has 4 heterocycles. The van der Waals surface area contributed by atoms with E-state index in [2.05, 4.69) is 15.3 Å². The number of carbonyl (C=O) groups is 3. The minimum absolute atomic E-state index is 0.184. The number of benzene rings is 2. The average molecular weight is 643 g/mol. The zero-order valence-corrected chi connectivity index (χ0v) is 27.8. The third-order valence-corrected chi connectivity index (χ3v) is 8.05. The highest BCUT2D eigenvalue weighted by molar-refractivity contribution is 5.97. The van der Waals surface area contributed by atoms with E-state index in [9.17, 15) is 14.4 Å². The van der Waals surface area contributed by atoms with E-state index >= 15 is 0 Å². The maximum absolute atomic E-state index is 13.2. The fraction of sp³-hybridized carbons (Fsp3) is 0.457. The summed E-state index contributed by atoms with van der Waals surface area (Å²) >= 11 is 0. The molecule has 12 nitrogen and oxygen atoms in total. The van der Waals surface area contributed by atoms with Crippen molar-refractivity contribution in [3.63, 3.8) is 0 Å². The Morgan fingerprint density at radius 2 is 1.60 bits per heavy atom. The number of aromatic nitrogens is 3. The van der Waals surface area contributed by atoms with Gasteiger partial charge in [0.05, 0.1) is 23.3 Å². The van der Waals surface area contributed by atoms with E-state index in [1.165, 1.54) is 4.90 Å². The van der Waals surface area contributed by atoms with Crippen molar-refractivity contribution < 1.29 is 28.3 Å². The van der Waals surface area contributed by atoms with Crippen molar-refractivity contribution in [2.24, 2.45) is 0 Å². The number of hydrogen-bond donors (Lipinski definition) is 2. The minimum Gasteiger partial charge on any atom is -0.444 e. The summed E-state index contributed by atoms with van der Waals surface area (Å²) in [6.07, 6.45) is 3.81. The van der Waals surface area contributed by atoms with Gasteiger partial charge >= 0.3 is 12.2 Å². The number of ether oxygens (including phenoxy) is 2. The number of hydrogen-bond acceptors (Lipinski definition) is 8. The lowest BCUT2D eigenvalue weighted by Crippen LogP contribution is -2.45. The van der Waals surface area contributed by atoms with Crippen LogP contribution >= 0.6 is 0 Å². The number of H-pyrrole nitrogens is 1. The number of amides is 3. The molecular weight excluding hydrogens is 600 g/mol. The van der Waals surface area contributed by atoms with Gasteiger partial charge in [-0.3, -0.25) is 14.6 Å². The molecule has 248 valence electrons. The van der Waals surface area contributed by atoms with Gasteiger partial charge in [-0.2, -0.15) is 0 Å². The van der Waals surface area contributed by atoms with Crippen LogP contribution in [0.1, 0.15) is 79.1 Å². The molecule has 0 radical (unpaired) electrons. The van der Waals surface area contributed by atoms with Crippen molar-refractivity contribution >= 4 is 34.8 Å². The minimum atomic E-state index is -0.640. The molecule has 3 amide bonds. The molecule has 4 aromatic rings. The van der Waals surface area contributed by atoms with E-state index in [-0.39, 0.29) is 18.0 Å². The Kier molecular flexibility index (Phi) is 8.46. The average Bonchev–Trinajstić information content (AvgIpc) is 3.80. The summed E-state index contributed by atoms with van der Waals surface area (Å²) in [5.41, 5.74) is 2.47. The van der Waals surface area contributed by atoms with Crippen molar-refractivity contribution in [2.45, 2.75) is 90.5 Å². The van der Waals surface area contributed by atoms with E-state index in [0.29, 0.717) is 36.8 Å². The SMILES string of the molecule is CC(C)(C)OC(=O)N1CCC[C@H]1C(=O)Nc1cccc(-c2cnc(-c3ccc4nc([C@@H]5CCCN5C(=O)OC(C)(C)C)[nH]c4c3)o2)c1. The second-order valence-corrected chi connectivity index (χ2v) is 14.1. The highest BCUT2D eigenvalue weighted by atomic mass is 16.6. The molecule has 12 heteroatoms. The molecule has 2 aliphatic rings. The summed E-state index contributed by atoms with van der Waals surface area (Å²) in [6.45, 7) is 12.1. The third kappa shape index (κ3) is 7.26. The Bertz CT molecular complexity index is 1800.